The van der Waals surface area contributed by atoms with Crippen molar-refractivity contribution in [3.8, 4) is 0 Å². The van der Waals surface area contributed by atoms with Gasteiger partial charge in [-0.05, 0) is 46.0 Å². The molecule has 1 aliphatic rings. The molecule has 0 spiro atoms. The van der Waals surface area contributed by atoms with E-state index in [1.165, 1.54) is 4.31 Å². The molecule has 0 bridgehead atoms. The van der Waals surface area contributed by atoms with Crippen molar-refractivity contribution in [1.29, 1.82) is 0 Å². The largest absolute Gasteiger partial charge is 0.378 e. The fraction of sp³-hybridized carbons (Fsp3) is 1.00. The molecule has 1 N–H and O–H groups in total. The fourth-order valence-corrected chi connectivity index (χ4v) is 3.11. The number of nitrogens with zero attached hydrogens (tertiary/aromatic N) is 1. The maximum Gasteiger partial charge on any atom is 0.279 e. The van der Waals surface area contributed by atoms with Gasteiger partial charge in [0.15, 0.2) is 0 Å². The second kappa shape index (κ2) is 7.43. The lowest BCUT2D eigenvalue weighted by Gasteiger charge is -2.21. The van der Waals surface area contributed by atoms with Crippen molar-refractivity contribution in [3.05, 3.63) is 0 Å². The Balaban J connectivity index is 2.13. The SMILES string of the molecule is CC(C)N(C)S(=O)(=O)NCCCCC1CCCO1. The van der Waals surface area contributed by atoms with E-state index in [-0.39, 0.29) is 6.04 Å². The molecule has 1 atom stereocenters. The monoisotopic (exact) mass is 278 g/mol. The van der Waals surface area contributed by atoms with Crippen LogP contribution >= 0.6 is 0 Å². The van der Waals surface area contributed by atoms with E-state index in [1.54, 1.807) is 7.05 Å². The first-order valence-electron chi connectivity index (χ1n) is 6.77. The van der Waals surface area contributed by atoms with E-state index in [1.807, 2.05) is 13.8 Å². The molecule has 0 radical (unpaired) electrons. The van der Waals surface area contributed by atoms with Crippen LogP contribution in [-0.2, 0) is 14.9 Å². The zero-order valence-electron chi connectivity index (χ0n) is 11.7. The van der Waals surface area contributed by atoms with Crippen LogP contribution in [0.25, 0.3) is 0 Å². The Morgan fingerprint density at radius 2 is 2.11 bits per heavy atom. The molecule has 0 aliphatic carbocycles. The molecule has 1 unspecified atom stereocenters. The van der Waals surface area contributed by atoms with Crippen LogP contribution < -0.4 is 4.72 Å². The lowest BCUT2D eigenvalue weighted by atomic mass is 10.1. The third kappa shape index (κ3) is 5.22. The Morgan fingerprint density at radius 3 is 2.67 bits per heavy atom. The van der Waals surface area contributed by atoms with Crippen molar-refractivity contribution in [3.63, 3.8) is 0 Å². The Labute approximate surface area is 111 Å². The number of unbranched alkanes of at least 4 members (excludes halogenated alkanes) is 1. The van der Waals surface area contributed by atoms with E-state index < -0.39 is 10.2 Å². The standard InChI is InChI=1S/C12H26N2O3S/c1-11(2)14(3)18(15,16)13-9-5-4-7-12-8-6-10-17-12/h11-13H,4-10H2,1-3H3. The van der Waals surface area contributed by atoms with Gasteiger partial charge in [0.1, 0.15) is 0 Å². The first-order chi connectivity index (χ1) is 8.43. The summed E-state index contributed by atoms with van der Waals surface area (Å²) in [5.74, 6) is 0. The van der Waals surface area contributed by atoms with Crippen molar-refractivity contribution >= 4 is 10.2 Å². The zero-order valence-corrected chi connectivity index (χ0v) is 12.5. The van der Waals surface area contributed by atoms with Crippen LogP contribution in [0.2, 0.25) is 0 Å². The summed E-state index contributed by atoms with van der Waals surface area (Å²) < 4.78 is 33.1. The summed E-state index contributed by atoms with van der Waals surface area (Å²) in [5, 5.41) is 0. The summed E-state index contributed by atoms with van der Waals surface area (Å²) in [4.78, 5) is 0. The minimum atomic E-state index is -3.31. The van der Waals surface area contributed by atoms with Crippen molar-refractivity contribution in [1.82, 2.24) is 9.03 Å². The Kier molecular flexibility index (Phi) is 6.55. The predicted octanol–water partition coefficient (Wildman–Crippen LogP) is 1.51. The molecule has 1 saturated heterocycles. The molecule has 1 aliphatic heterocycles. The number of nitrogens with one attached hydrogen (secondary N) is 1. The molecule has 0 aromatic rings. The number of ether oxygens (including phenoxy) is 1. The molecule has 1 heterocycles. The normalized spacial score (nSPS) is 21.1. The number of rotatable bonds is 8. The van der Waals surface area contributed by atoms with Gasteiger partial charge in [0.25, 0.3) is 10.2 Å². The third-order valence-corrected chi connectivity index (χ3v) is 5.12. The molecule has 18 heavy (non-hydrogen) atoms. The molecule has 0 aromatic carbocycles. The highest BCUT2D eigenvalue weighted by atomic mass is 32.2. The summed E-state index contributed by atoms with van der Waals surface area (Å²) in [6, 6.07) is -0.0191. The van der Waals surface area contributed by atoms with Gasteiger partial charge in [-0.25, -0.2) is 4.72 Å². The van der Waals surface area contributed by atoms with E-state index >= 15 is 0 Å². The van der Waals surface area contributed by atoms with Gasteiger partial charge >= 0.3 is 0 Å². The average molecular weight is 278 g/mol. The van der Waals surface area contributed by atoms with Gasteiger partial charge in [-0.2, -0.15) is 12.7 Å². The predicted molar refractivity (Wildman–Crippen MR) is 72.6 cm³/mol. The van der Waals surface area contributed by atoms with E-state index in [4.69, 9.17) is 4.74 Å². The fourth-order valence-electron chi connectivity index (χ4n) is 1.95. The smallest absolute Gasteiger partial charge is 0.279 e. The van der Waals surface area contributed by atoms with Gasteiger partial charge in [-0.3, -0.25) is 0 Å². The molecular weight excluding hydrogens is 252 g/mol. The van der Waals surface area contributed by atoms with Crippen LogP contribution in [0.4, 0.5) is 0 Å². The second-order valence-electron chi connectivity index (χ2n) is 5.14. The first-order valence-corrected chi connectivity index (χ1v) is 8.21. The summed E-state index contributed by atoms with van der Waals surface area (Å²) in [6.45, 7) is 5.11. The van der Waals surface area contributed by atoms with Gasteiger partial charge in [-0.15, -0.1) is 0 Å². The molecule has 0 amide bonds. The molecule has 0 aromatic heterocycles. The van der Waals surface area contributed by atoms with Gasteiger partial charge in [-0.1, -0.05) is 0 Å². The van der Waals surface area contributed by atoms with E-state index in [9.17, 15) is 8.42 Å². The van der Waals surface area contributed by atoms with Crippen molar-refractivity contribution in [2.24, 2.45) is 0 Å². The maximum atomic E-state index is 11.8. The van der Waals surface area contributed by atoms with Crippen LogP contribution in [0, 0.1) is 0 Å². The minimum Gasteiger partial charge on any atom is -0.378 e. The van der Waals surface area contributed by atoms with Crippen LogP contribution in [0.3, 0.4) is 0 Å². The number of hydrogen-bond acceptors (Lipinski definition) is 3. The van der Waals surface area contributed by atoms with E-state index in [0.29, 0.717) is 12.6 Å². The summed E-state index contributed by atoms with van der Waals surface area (Å²) in [6.07, 6.45) is 5.64. The summed E-state index contributed by atoms with van der Waals surface area (Å²) >= 11 is 0. The van der Waals surface area contributed by atoms with Crippen LogP contribution in [0.15, 0.2) is 0 Å². The molecule has 1 rings (SSSR count). The maximum absolute atomic E-state index is 11.8. The van der Waals surface area contributed by atoms with Crippen LogP contribution in [0.1, 0.15) is 46.0 Å². The summed E-state index contributed by atoms with van der Waals surface area (Å²) in [5.41, 5.74) is 0. The van der Waals surface area contributed by atoms with Gasteiger partial charge in [0.2, 0.25) is 0 Å². The molecule has 1 fully saturated rings. The average Bonchev–Trinajstić information content (AvgIpc) is 2.80. The van der Waals surface area contributed by atoms with Crippen LogP contribution in [-0.4, -0.2) is 45.1 Å². The lowest BCUT2D eigenvalue weighted by Crippen LogP contribution is -2.42. The van der Waals surface area contributed by atoms with Gasteiger partial charge in [0, 0.05) is 26.2 Å². The lowest BCUT2D eigenvalue weighted by molar-refractivity contribution is 0.102. The van der Waals surface area contributed by atoms with Crippen LogP contribution in [0.5, 0.6) is 0 Å². The Hall–Kier alpha value is -0.170. The van der Waals surface area contributed by atoms with Gasteiger partial charge in [0.05, 0.1) is 6.10 Å². The topological polar surface area (TPSA) is 58.6 Å². The number of hydrogen-bond donors (Lipinski definition) is 1. The third-order valence-electron chi connectivity index (χ3n) is 3.37. The van der Waals surface area contributed by atoms with E-state index in [0.717, 1.165) is 38.7 Å². The Morgan fingerprint density at radius 1 is 1.39 bits per heavy atom. The highest BCUT2D eigenvalue weighted by Gasteiger charge is 2.19. The summed E-state index contributed by atoms with van der Waals surface area (Å²) in [7, 11) is -1.71. The Bertz CT molecular complexity index is 324. The highest BCUT2D eigenvalue weighted by Crippen LogP contribution is 2.17. The minimum absolute atomic E-state index is 0.0191. The molecule has 6 heteroatoms. The van der Waals surface area contributed by atoms with E-state index in [2.05, 4.69) is 4.72 Å². The van der Waals surface area contributed by atoms with Crippen molar-refractivity contribution in [2.75, 3.05) is 20.2 Å². The second-order valence-corrected chi connectivity index (χ2v) is 6.95. The van der Waals surface area contributed by atoms with Crippen molar-refractivity contribution < 1.29 is 13.2 Å². The first kappa shape index (κ1) is 15.9. The highest BCUT2D eigenvalue weighted by molar-refractivity contribution is 7.87. The molecule has 108 valence electrons. The molecular formula is C12H26N2O3S. The quantitative estimate of drug-likeness (QED) is 0.685. The molecule has 5 nitrogen and oxygen atoms in total. The zero-order chi connectivity index (χ0) is 13.6. The molecule has 0 saturated carbocycles. The van der Waals surface area contributed by atoms with Gasteiger partial charge < -0.3 is 4.74 Å². The van der Waals surface area contributed by atoms with Crippen molar-refractivity contribution in [2.45, 2.75) is 58.1 Å².